The van der Waals surface area contributed by atoms with Gasteiger partial charge in [0, 0.05) is 6.92 Å². The van der Waals surface area contributed by atoms with Crippen LogP contribution in [0.5, 0.6) is 0 Å². The Morgan fingerprint density at radius 1 is 1.35 bits per heavy atom. The van der Waals surface area contributed by atoms with Gasteiger partial charge >= 0.3 is 6.09 Å². The van der Waals surface area contributed by atoms with Gasteiger partial charge in [0.15, 0.2) is 5.78 Å². The molecule has 0 saturated heterocycles. The fraction of sp³-hybridized carbons (Fsp3) is 0.167. The van der Waals surface area contributed by atoms with Crippen LogP contribution in [0.25, 0.3) is 0 Å². The number of benzene rings is 1. The number of aliphatic hydroxyl groups is 1. The number of amides is 1. The van der Waals surface area contributed by atoms with Gasteiger partial charge in [-0.3, -0.25) is 10.1 Å². The number of carbonyl (C=O) groups excluding carboxylic acids is 2. The van der Waals surface area contributed by atoms with Gasteiger partial charge < -0.3 is 9.84 Å². The zero-order valence-corrected chi connectivity index (χ0v) is 9.34. The van der Waals surface area contributed by atoms with Crippen molar-refractivity contribution in [3.8, 4) is 0 Å². The lowest BCUT2D eigenvalue weighted by Gasteiger charge is -2.07. The second-order valence-corrected chi connectivity index (χ2v) is 3.29. The third-order valence-corrected chi connectivity index (χ3v) is 1.96. The molecule has 0 saturated carbocycles. The molecule has 0 bridgehead atoms. The van der Waals surface area contributed by atoms with E-state index >= 15 is 0 Å². The van der Waals surface area contributed by atoms with E-state index in [2.05, 4.69) is 5.32 Å². The molecule has 0 aliphatic rings. The number of rotatable bonds is 4. The summed E-state index contributed by atoms with van der Waals surface area (Å²) < 4.78 is 4.86. The van der Waals surface area contributed by atoms with Crippen LogP contribution >= 0.6 is 0 Å². The SMILES string of the molecule is CC(=O)C(=CO)NC(=O)OCc1ccccc1. The summed E-state index contributed by atoms with van der Waals surface area (Å²) in [4.78, 5) is 22.1. The molecule has 2 N–H and O–H groups in total. The van der Waals surface area contributed by atoms with Crippen LogP contribution in [0.2, 0.25) is 0 Å². The van der Waals surface area contributed by atoms with Gasteiger partial charge in [-0.05, 0) is 5.56 Å². The molecule has 0 aliphatic carbocycles. The van der Waals surface area contributed by atoms with Crippen molar-refractivity contribution in [2.45, 2.75) is 13.5 Å². The van der Waals surface area contributed by atoms with Crippen LogP contribution in [0.3, 0.4) is 0 Å². The Balaban J connectivity index is 2.43. The van der Waals surface area contributed by atoms with Crippen LogP contribution in [0.1, 0.15) is 12.5 Å². The van der Waals surface area contributed by atoms with Crippen molar-refractivity contribution in [3.63, 3.8) is 0 Å². The normalized spacial score (nSPS) is 10.8. The molecule has 0 spiro atoms. The van der Waals surface area contributed by atoms with Crippen LogP contribution in [-0.2, 0) is 16.1 Å². The highest BCUT2D eigenvalue weighted by molar-refractivity contribution is 5.95. The fourth-order valence-electron chi connectivity index (χ4n) is 1.08. The first kappa shape index (κ1) is 12.8. The molecule has 1 aromatic carbocycles. The number of hydrogen-bond acceptors (Lipinski definition) is 4. The summed E-state index contributed by atoms with van der Waals surface area (Å²) >= 11 is 0. The van der Waals surface area contributed by atoms with Crippen molar-refractivity contribution in [1.82, 2.24) is 5.32 Å². The smallest absolute Gasteiger partial charge is 0.412 e. The maximum absolute atomic E-state index is 11.3. The minimum Gasteiger partial charge on any atom is -0.513 e. The fourth-order valence-corrected chi connectivity index (χ4v) is 1.08. The molecule has 90 valence electrons. The molecule has 5 heteroatoms. The molecule has 0 aromatic heterocycles. The van der Waals surface area contributed by atoms with E-state index in [9.17, 15) is 9.59 Å². The number of ether oxygens (including phenoxy) is 1. The van der Waals surface area contributed by atoms with E-state index in [4.69, 9.17) is 9.84 Å². The maximum atomic E-state index is 11.3. The van der Waals surface area contributed by atoms with Gasteiger partial charge in [-0.25, -0.2) is 4.79 Å². The summed E-state index contributed by atoms with van der Waals surface area (Å²) in [5.74, 6) is -0.454. The van der Waals surface area contributed by atoms with E-state index in [-0.39, 0.29) is 12.3 Å². The van der Waals surface area contributed by atoms with Crippen molar-refractivity contribution in [2.24, 2.45) is 0 Å². The summed E-state index contributed by atoms with van der Waals surface area (Å²) in [6.07, 6.45) is -0.254. The zero-order valence-electron chi connectivity index (χ0n) is 9.34. The largest absolute Gasteiger partial charge is 0.513 e. The predicted octanol–water partition coefficient (Wildman–Crippen LogP) is 1.90. The first-order valence-electron chi connectivity index (χ1n) is 4.96. The van der Waals surface area contributed by atoms with Gasteiger partial charge in [0.2, 0.25) is 0 Å². The lowest BCUT2D eigenvalue weighted by molar-refractivity contribution is -0.114. The second kappa shape index (κ2) is 6.32. The maximum Gasteiger partial charge on any atom is 0.412 e. The van der Waals surface area contributed by atoms with E-state index in [1.807, 2.05) is 18.2 Å². The van der Waals surface area contributed by atoms with Gasteiger partial charge in [-0.1, -0.05) is 30.3 Å². The molecule has 1 rings (SSSR count). The number of alkyl carbamates (subject to hydrolysis) is 1. The lowest BCUT2D eigenvalue weighted by atomic mass is 10.2. The standard InChI is InChI=1S/C12H13NO4/c1-9(15)11(7-14)13-12(16)17-8-10-5-3-2-4-6-10/h2-7,14H,8H2,1H3,(H,13,16). The van der Waals surface area contributed by atoms with Crippen molar-refractivity contribution in [1.29, 1.82) is 0 Å². The molecule has 17 heavy (non-hydrogen) atoms. The molecule has 5 nitrogen and oxygen atoms in total. The van der Waals surface area contributed by atoms with Gasteiger partial charge in [0.05, 0.1) is 0 Å². The highest BCUT2D eigenvalue weighted by atomic mass is 16.5. The molecular formula is C12H13NO4. The van der Waals surface area contributed by atoms with Gasteiger partial charge in [0.25, 0.3) is 0 Å². The van der Waals surface area contributed by atoms with E-state index in [0.29, 0.717) is 6.26 Å². The Hall–Kier alpha value is -2.30. The summed E-state index contributed by atoms with van der Waals surface area (Å²) in [5.41, 5.74) is 0.628. The molecule has 0 aliphatic heterocycles. The summed E-state index contributed by atoms with van der Waals surface area (Å²) in [7, 11) is 0. The van der Waals surface area contributed by atoms with E-state index in [1.54, 1.807) is 12.1 Å². The summed E-state index contributed by atoms with van der Waals surface area (Å²) in [6, 6.07) is 9.12. The molecule has 1 aromatic rings. The highest BCUT2D eigenvalue weighted by Gasteiger charge is 2.09. The molecule has 0 atom stereocenters. The van der Waals surface area contributed by atoms with Crippen molar-refractivity contribution >= 4 is 11.9 Å². The van der Waals surface area contributed by atoms with E-state index in [1.165, 1.54) is 6.92 Å². The summed E-state index contributed by atoms with van der Waals surface area (Å²) in [6.45, 7) is 1.32. The van der Waals surface area contributed by atoms with Gasteiger partial charge in [-0.15, -0.1) is 0 Å². The highest BCUT2D eigenvalue weighted by Crippen LogP contribution is 2.01. The van der Waals surface area contributed by atoms with Crippen LogP contribution in [0.4, 0.5) is 4.79 Å². The molecule has 1 amide bonds. The molecule has 0 unspecified atom stereocenters. The number of aliphatic hydroxyl groups excluding tert-OH is 1. The topological polar surface area (TPSA) is 75.6 Å². The molecule has 0 radical (unpaired) electrons. The van der Waals surface area contributed by atoms with Gasteiger partial charge in [0.1, 0.15) is 18.6 Å². The molecule has 0 fully saturated rings. The molecular weight excluding hydrogens is 222 g/mol. The Morgan fingerprint density at radius 2 is 2.00 bits per heavy atom. The Labute approximate surface area is 98.7 Å². The van der Waals surface area contributed by atoms with E-state index < -0.39 is 11.9 Å². The van der Waals surface area contributed by atoms with Crippen LogP contribution in [0.15, 0.2) is 42.3 Å². The van der Waals surface area contributed by atoms with Crippen LogP contribution in [0, 0.1) is 0 Å². The Kier molecular flexibility index (Phi) is 4.75. The number of nitrogens with one attached hydrogen (secondary N) is 1. The number of carbonyl (C=O) groups is 2. The number of hydrogen-bond donors (Lipinski definition) is 2. The van der Waals surface area contributed by atoms with Crippen molar-refractivity contribution in [2.75, 3.05) is 0 Å². The minimum atomic E-state index is -0.788. The van der Waals surface area contributed by atoms with Gasteiger partial charge in [-0.2, -0.15) is 0 Å². The van der Waals surface area contributed by atoms with Crippen LogP contribution in [-0.4, -0.2) is 17.0 Å². The third-order valence-electron chi connectivity index (χ3n) is 1.96. The zero-order chi connectivity index (χ0) is 12.7. The quantitative estimate of drug-likeness (QED) is 0.617. The average molecular weight is 235 g/mol. The Morgan fingerprint density at radius 3 is 2.53 bits per heavy atom. The second-order valence-electron chi connectivity index (χ2n) is 3.29. The predicted molar refractivity (Wildman–Crippen MR) is 61.2 cm³/mol. The minimum absolute atomic E-state index is 0.100. The number of Topliss-reactive ketones (excluding diaryl/α,β-unsaturated/α-hetero) is 1. The lowest BCUT2D eigenvalue weighted by Crippen LogP contribution is -2.27. The first-order chi connectivity index (χ1) is 8.13. The monoisotopic (exact) mass is 235 g/mol. The van der Waals surface area contributed by atoms with Crippen molar-refractivity contribution < 1.29 is 19.4 Å². The summed E-state index contributed by atoms with van der Waals surface area (Å²) in [5, 5.41) is 10.8. The van der Waals surface area contributed by atoms with Crippen molar-refractivity contribution in [3.05, 3.63) is 47.9 Å². The average Bonchev–Trinajstić information content (AvgIpc) is 2.34. The number of allylic oxidation sites excluding steroid dienone is 1. The van der Waals surface area contributed by atoms with Crippen LogP contribution < -0.4 is 5.32 Å². The third kappa shape index (κ3) is 4.38. The number of ketones is 1. The Bertz CT molecular complexity index is 425. The van der Waals surface area contributed by atoms with E-state index in [0.717, 1.165) is 5.56 Å². The molecule has 0 heterocycles. The first-order valence-corrected chi connectivity index (χ1v) is 4.96.